The maximum absolute atomic E-state index is 12.7. The number of nitrogens with zero attached hydrogens (tertiary/aromatic N) is 2. The van der Waals surface area contributed by atoms with E-state index in [1.165, 1.54) is 7.11 Å². The Morgan fingerprint density at radius 1 is 1.03 bits per heavy atom. The predicted molar refractivity (Wildman–Crippen MR) is 122 cm³/mol. The van der Waals surface area contributed by atoms with Crippen LogP contribution in [0.15, 0.2) is 77.5 Å². The van der Waals surface area contributed by atoms with Crippen molar-refractivity contribution in [2.75, 3.05) is 12.4 Å². The Morgan fingerprint density at radius 3 is 2.55 bits per heavy atom. The summed E-state index contributed by atoms with van der Waals surface area (Å²) in [6.07, 6.45) is 3.23. The Morgan fingerprint density at radius 2 is 1.85 bits per heavy atom. The first-order valence-corrected chi connectivity index (χ1v) is 10.0. The largest absolute Gasteiger partial charge is 0.497 e. The van der Waals surface area contributed by atoms with Gasteiger partial charge in [-0.1, -0.05) is 18.2 Å². The van der Waals surface area contributed by atoms with Crippen LogP contribution in [-0.4, -0.2) is 28.9 Å². The Kier molecular flexibility index (Phi) is 6.31. The number of methoxy groups -OCH3 is 1. The quantitative estimate of drug-likeness (QED) is 0.379. The summed E-state index contributed by atoms with van der Waals surface area (Å²) >= 11 is 0. The third-order valence-electron chi connectivity index (χ3n) is 4.77. The zero-order chi connectivity index (χ0) is 23.2. The molecular formula is C24H21N5O4. The van der Waals surface area contributed by atoms with Gasteiger partial charge >= 0.3 is 0 Å². The van der Waals surface area contributed by atoms with Crippen molar-refractivity contribution in [1.82, 2.24) is 15.3 Å². The summed E-state index contributed by atoms with van der Waals surface area (Å²) in [7, 11) is 1.52. The average Bonchev–Trinajstić information content (AvgIpc) is 3.31. The van der Waals surface area contributed by atoms with Crippen LogP contribution in [0, 0.1) is 0 Å². The van der Waals surface area contributed by atoms with E-state index < -0.39 is 5.91 Å². The van der Waals surface area contributed by atoms with Gasteiger partial charge in [-0.05, 0) is 36.4 Å². The van der Waals surface area contributed by atoms with Crippen LogP contribution in [0.2, 0.25) is 0 Å². The number of carbonyl (C=O) groups excluding carboxylic acids is 2. The molecule has 0 bridgehead atoms. The summed E-state index contributed by atoms with van der Waals surface area (Å²) in [5, 5.41) is 5.88. The summed E-state index contributed by atoms with van der Waals surface area (Å²) in [4.78, 5) is 32.3. The number of hydrogen-bond donors (Lipinski definition) is 3. The summed E-state index contributed by atoms with van der Waals surface area (Å²) in [5.74, 6) is 0.228. The number of hydrogen-bond acceptors (Lipinski definition) is 7. The van der Waals surface area contributed by atoms with Gasteiger partial charge in [-0.3, -0.25) is 14.6 Å². The minimum Gasteiger partial charge on any atom is -0.497 e. The highest BCUT2D eigenvalue weighted by Gasteiger charge is 2.12. The molecule has 0 spiro atoms. The molecule has 9 heteroatoms. The van der Waals surface area contributed by atoms with E-state index in [4.69, 9.17) is 14.9 Å². The molecule has 0 saturated carbocycles. The monoisotopic (exact) mass is 443 g/mol. The van der Waals surface area contributed by atoms with Crippen LogP contribution in [-0.2, 0) is 6.54 Å². The molecule has 0 radical (unpaired) electrons. The fraction of sp³-hybridized carbons (Fsp3) is 0.0833. The van der Waals surface area contributed by atoms with E-state index in [9.17, 15) is 9.59 Å². The van der Waals surface area contributed by atoms with Crippen molar-refractivity contribution in [1.29, 1.82) is 0 Å². The van der Waals surface area contributed by atoms with E-state index in [0.29, 0.717) is 34.9 Å². The van der Waals surface area contributed by atoms with Gasteiger partial charge in [-0.25, -0.2) is 4.98 Å². The molecule has 4 N–H and O–H groups in total. The summed E-state index contributed by atoms with van der Waals surface area (Å²) in [6.45, 7) is 0.303. The standard InChI is InChI=1S/C24H21N5O4/c1-32-20-11-17(23(31)27-13-18-4-2-3-9-26-18)10-19(12-20)29-24-28-14-21(33-24)15-5-7-16(8-6-15)22(25)30/h2-12,14H,13H2,1H3,(H2,25,30)(H,27,31)(H,28,29). The second-order valence-corrected chi connectivity index (χ2v) is 7.05. The first-order valence-electron chi connectivity index (χ1n) is 10.0. The maximum Gasteiger partial charge on any atom is 0.299 e. The van der Waals surface area contributed by atoms with E-state index in [1.54, 1.807) is 54.9 Å². The van der Waals surface area contributed by atoms with Gasteiger partial charge in [-0.15, -0.1) is 0 Å². The maximum atomic E-state index is 12.7. The molecule has 2 aromatic heterocycles. The number of nitrogens with one attached hydrogen (secondary N) is 2. The van der Waals surface area contributed by atoms with Crippen molar-refractivity contribution in [3.8, 4) is 17.1 Å². The Balaban J connectivity index is 1.49. The summed E-state index contributed by atoms with van der Waals surface area (Å²) in [6, 6.07) is 17.4. The highest BCUT2D eigenvalue weighted by molar-refractivity contribution is 5.95. The highest BCUT2D eigenvalue weighted by atomic mass is 16.5. The molecule has 4 rings (SSSR count). The lowest BCUT2D eigenvalue weighted by molar-refractivity contribution is 0.0949. The second-order valence-electron chi connectivity index (χ2n) is 7.05. The van der Waals surface area contributed by atoms with Crippen LogP contribution >= 0.6 is 0 Å². The lowest BCUT2D eigenvalue weighted by Gasteiger charge is -2.10. The van der Waals surface area contributed by atoms with Crippen molar-refractivity contribution >= 4 is 23.5 Å². The van der Waals surface area contributed by atoms with E-state index in [0.717, 1.165) is 11.3 Å². The van der Waals surface area contributed by atoms with Crippen LogP contribution < -0.4 is 21.1 Å². The van der Waals surface area contributed by atoms with Gasteiger partial charge in [0.2, 0.25) is 5.91 Å². The van der Waals surface area contributed by atoms with E-state index >= 15 is 0 Å². The topological polar surface area (TPSA) is 132 Å². The average molecular weight is 443 g/mol. The van der Waals surface area contributed by atoms with E-state index in [1.807, 2.05) is 18.2 Å². The lowest BCUT2D eigenvalue weighted by Crippen LogP contribution is -2.23. The number of primary amides is 1. The molecule has 33 heavy (non-hydrogen) atoms. The predicted octanol–water partition coefficient (Wildman–Crippen LogP) is 3.52. The number of aromatic nitrogens is 2. The lowest BCUT2D eigenvalue weighted by atomic mass is 10.1. The number of pyridine rings is 1. The summed E-state index contributed by atoms with van der Waals surface area (Å²) < 4.78 is 11.1. The number of rotatable bonds is 8. The normalized spacial score (nSPS) is 10.5. The van der Waals surface area contributed by atoms with E-state index in [2.05, 4.69) is 20.6 Å². The van der Waals surface area contributed by atoms with Crippen molar-refractivity contribution in [2.24, 2.45) is 5.73 Å². The Bertz CT molecular complexity index is 1270. The van der Waals surface area contributed by atoms with Gasteiger partial charge in [0, 0.05) is 34.6 Å². The number of benzene rings is 2. The molecule has 2 aromatic carbocycles. The fourth-order valence-corrected chi connectivity index (χ4v) is 3.08. The Labute approximate surface area is 189 Å². The van der Waals surface area contributed by atoms with Crippen molar-refractivity contribution < 1.29 is 18.7 Å². The smallest absolute Gasteiger partial charge is 0.299 e. The second kappa shape index (κ2) is 9.65. The summed E-state index contributed by atoms with van der Waals surface area (Å²) in [5.41, 5.74) is 8.13. The third-order valence-corrected chi connectivity index (χ3v) is 4.77. The van der Waals surface area contributed by atoms with Crippen molar-refractivity contribution in [3.05, 3.63) is 89.9 Å². The minimum absolute atomic E-state index is 0.233. The number of oxazole rings is 1. The third kappa shape index (κ3) is 5.34. The van der Waals surface area contributed by atoms with Gasteiger partial charge < -0.3 is 25.5 Å². The van der Waals surface area contributed by atoms with Crippen LogP contribution in [0.3, 0.4) is 0 Å². The van der Waals surface area contributed by atoms with Gasteiger partial charge in [0.25, 0.3) is 11.9 Å². The van der Waals surface area contributed by atoms with Crippen LogP contribution in [0.4, 0.5) is 11.7 Å². The molecule has 9 nitrogen and oxygen atoms in total. The van der Waals surface area contributed by atoms with E-state index in [-0.39, 0.29) is 11.9 Å². The zero-order valence-corrected chi connectivity index (χ0v) is 17.7. The highest BCUT2D eigenvalue weighted by Crippen LogP contribution is 2.27. The molecule has 2 heterocycles. The molecule has 166 valence electrons. The molecule has 4 aromatic rings. The molecule has 0 aliphatic carbocycles. The molecule has 0 unspecified atom stereocenters. The molecule has 0 fully saturated rings. The Hall–Kier alpha value is -4.66. The molecule has 0 atom stereocenters. The van der Waals surface area contributed by atoms with Crippen LogP contribution in [0.1, 0.15) is 26.4 Å². The fourth-order valence-electron chi connectivity index (χ4n) is 3.08. The molecule has 0 saturated heterocycles. The zero-order valence-electron chi connectivity index (χ0n) is 17.7. The minimum atomic E-state index is -0.501. The molecule has 0 aliphatic rings. The van der Waals surface area contributed by atoms with Crippen molar-refractivity contribution in [2.45, 2.75) is 6.54 Å². The van der Waals surface area contributed by atoms with Crippen molar-refractivity contribution in [3.63, 3.8) is 0 Å². The number of ether oxygens (including phenoxy) is 1. The number of anilines is 2. The SMILES string of the molecule is COc1cc(Nc2ncc(-c3ccc(C(N)=O)cc3)o2)cc(C(=O)NCc2ccccn2)c1. The van der Waals surface area contributed by atoms with Crippen LogP contribution in [0.25, 0.3) is 11.3 Å². The number of amides is 2. The van der Waals surface area contributed by atoms with Gasteiger partial charge in [0.15, 0.2) is 5.76 Å². The first kappa shape index (κ1) is 21.6. The number of carbonyl (C=O) groups is 2. The molecule has 2 amide bonds. The van der Waals surface area contributed by atoms with Gasteiger partial charge in [0.05, 0.1) is 25.5 Å². The number of nitrogens with two attached hydrogens (primary N) is 1. The first-order chi connectivity index (χ1) is 16.0. The van der Waals surface area contributed by atoms with Gasteiger partial charge in [0.1, 0.15) is 5.75 Å². The van der Waals surface area contributed by atoms with Crippen LogP contribution in [0.5, 0.6) is 5.75 Å². The molecular weight excluding hydrogens is 422 g/mol. The molecule has 0 aliphatic heterocycles. The van der Waals surface area contributed by atoms with Gasteiger partial charge in [-0.2, -0.15) is 0 Å².